The maximum Gasteiger partial charge on any atom is 0.126 e. The normalized spacial score (nSPS) is 17.9. The summed E-state index contributed by atoms with van der Waals surface area (Å²) in [6.45, 7) is 3.66. The standard InChI is InChI=1S/C16H21N5/c1-13-7-8-17-16(11-13)18-9-10-21-12-15(19-20-21)14-5-3-2-4-6-14/h2-3,7-8,11-12,14H,4-6,9-10H2,1H3,(H,17,18)/t14-/m1/s1. The van der Waals surface area contributed by atoms with E-state index in [1.54, 1.807) is 0 Å². The number of aromatic nitrogens is 4. The molecule has 0 saturated carbocycles. The summed E-state index contributed by atoms with van der Waals surface area (Å²) in [5.74, 6) is 1.45. The van der Waals surface area contributed by atoms with Crippen LogP contribution >= 0.6 is 0 Å². The molecule has 0 aliphatic heterocycles. The minimum absolute atomic E-state index is 0.537. The van der Waals surface area contributed by atoms with Crippen molar-refractivity contribution < 1.29 is 0 Å². The van der Waals surface area contributed by atoms with Crippen molar-refractivity contribution in [1.82, 2.24) is 20.0 Å². The van der Waals surface area contributed by atoms with Crippen LogP contribution in [0.2, 0.25) is 0 Å². The third-order valence-electron chi connectivity index (χ3n) is 3.81. The number of allylic oxidation sites excluding steroid dienone is 2. The monoisotopic (exact) mass is 283 g/mol. The van der Waals surface area contributed by atoms with E-state index in [0.29, 0.717) is 5.92 Å². The van der Waals surface area contributed by atoms with Crippen LogP contribution in [0.4, 0.5) is 5.82 Å². The Morgan fingerprint density at radius 1 is 1.38 bits per heavy atom. The molecule has 2 aromatic heterocycles. The SMILES string of the molecule is Cc1ccnc(NCCn2cc([C@@H]3CC=CCC3)nn2)c1. The van der Waals surface area contributed by atoms with Gasteiger partial charge in [0.15, 0.2) is 0 Å². The Balaban J connectivity index is 1.52. The van der Waals surface area contributed by atoms with Gasteiger partial charge in [-0.15, -0.1) is 5.10 Å². The van der Waals surface area contributed by atoms with Crippen LogP contribution in [0.3, 0.4) is 0 Å². The summed E-state index contributed by atoms with van der Waals surface area (Å²) >= 11 is 0. The highest BCUT2D eigenvalue weighted by Crippen LogP contribution is 2.27. The fraction of sp³-hybridized carbons (Fsp3) is 0.438. The summed E-state index contributed by atoms with van der Waals surface area (Å²) in [7, 11) is 0. The van der Waals surface area contributed by atoms with Gasteiger partial charge in [0, 0.05) is 24.9 Å². The number of anilines is 1. The van der Waals surface area contributed by atoms with E-state index >= 15 is 0 Å². The lowest BCUT2D eigenvalue weighted by atomic mass is 9.92. The summed E-state index contributed by atoms with van der Waals surface area (Å²) in [5, 5.41) is 11.8. The first-order valence-corrected chi connectivity index (χ1v) is 7.53. The smallest absolute Gasteiger partial charge is 0.126 e. The van der Waals surface area contributed by atoms with E-state index in [2.05, 4.69) is 45.9 Å². The number of aryl methyl sites for hydroxylation is 1. The first-order valence-electron chi connectivity index (χ1n) is 7.53. The highest BCUT2D eigenvalue weighted by molar-refractivity contribution is 5.36. The molecule has 0 spiro atoms. The number of nitrogens with one attached hydrogen (secondary N) is 1. The molecule has 3 rings (SSSR count). The topological polar surface area (TPSA) is 55.6 Å². The Kier molecular flexibility index (Phi) is 4.28. The van der Waals surface area contributed by atoms with Crippen LogP contribution in [-0.4, -0.2) is 26.5 Å². The molecule has 0 radical (unpaired) electrons. The van der Waals surface area contributed by atoms with Crippen molar-refractivity contribution in [3.63, 3.8) is 0 Å². The van der Waals surface area contributed by atoms with Gasteiger partial charge in [-0.25, -0.2) is 4.98 Å². The van der Waals surface area contributed by atoms with E-state index in [9.17, 15) is 0 Å². The summed E-state index contributed by atoms with van der Waals surface area (Å²) in [6, 6.07) is 4.04. The minimum Gasteiger partial charge on any atom is -0.368 e. The Hall–Kier alpha value is -2.17. The van der Waals surface area contributed by atoms with Crippen molar-refractivity contribution in [2.45, 2.75) is 38.6 Å². The van der Waals surface area contributed by atoms with E-state index < -0.39 is 0 Å². The van der Waals surface area contributed by atoms with Crippen molar-refractivity contribution in [3.8, 4) is 0 Å². The van der Waals surface area contributed by atoms with Crippen molar-refractivity contribution in [1.29, 1.82) is 0 Å². The van der Waals surface area contributed by atoms with Gasteiger partial charge >= 0.3 is 0 Å². The van der Waals surface area contributed by atoms with Crippen LogP contribution in [0.1, 0.15) is 36.4 Å². The Labute approximate surface area is 125 Å². The second-order valence-corrected chi connectivity index (χ2v) is 5.53. The highest BCUT2D eigenvalue weighted by Gasteiger charge is 2.15. The fourth-order valence-corrected chi connectivity index (χ4v) is 2.60. The predicted octanol–water partition coefficient (Wildman–Crippen LogP) is 2.92. The molecule has 1 N–H and O–H groups in total. The molecule has 21 heavy (non-hydrogen) atoms. The molecule has 1 aliphatic rings. The summed E-state index contributed by atoms with van der Waals surface area (Å²) in [4.78, 5) is 4.29. The summed E-state index contributed by atoms with van der Waals surface area (Å²) in [6.07, 6.45) is 11.8. The van der Waals surface area contributed by atoms with Crippen LogP contribution in [0.5, 0.6) is 0 Å². The average Bonchev–Trinajstić information content (AvgIpc) is 2.97. The van der Waals surface area contributed by atoms with Crippen molar-refractivity contribution in [3.05, 3.63) is 47.9 Å². The van der Waals surface area contributed by atoms with E-state index in [-0.39, 0.29) is 0 Å². The number of nitrogens with zero attached hydrogens (tertiary/aromatic N) is 4. The molecule has 1 aliphatic carbocycles. The minimum atomic E-state index is 0.537. The van der Waals surface area contributed by atoms with Gasteiger partial charge in [-0.3, -0.25) is 4.68 Å². The lowest BCUT2D eigenvalue weighted by Gasteiger charge is -2.13. The second kappa shape index (κ2) is 6.52. The van der Waals surface area contributed by atoms with Gasteiger partial charge in [0.05, 0.1) is 12.2 Å². The zero-order valence-corrected chi connectivity index (χ0v) is 12.4. The molecular formula is C16H21N5. The zero-order valence-electron chi connectivity index (χ0n) is 12.4. The average molecular weight is 283 g/mol. The molecule has 2 aromatic rings. The number of hydrogen-bond acceptors (Lipinski definition) is 4. The molecule has 110 valence electrons. The largest absolute Gasteiger partial charge is 0.368 e. The van der Waals surface area contributed by atoms with Gasteiger partial charge in [-0.2, -0.15) is 0 Å². The van der Waals surface area contributed by atoms with E-state index in [0.717, 1.165) is 37.4 Å². The zero-order chi connectivity index (χ0) is 14.5. The van der Waals surface area contributed by atoms with Gasteiger partial charge in [-0.05, 0) is 43.9 Å². The Morgan fingerprint density at radius 2 is 2.33 bits per heavy atom. The molecule has 0 saturated heterocycles. The summed E-state index contributed by atoms with van der Waals surface area (Å²) < 4.78 is 1.91. The van der Waals surface area contributed by atoms with Crippen LogP contribution < -0.4 is 5.32 Å². The molecule has 2 heterocycles. The molecule has 5 heteroatoms. The van der Waals surface area contributed by atoms with Crippen LogP contribution in [-0.2, 0) is 6.54 Å². The maximum absolute atomic E-state index is 4.32. The first-order chi connectivity index (χ1) is 10.3. The van der Waals surface area contributed by atoms with Gasteiger partial charge in [-0.1, -0.05) is 17.4 Å². The van der Waals surface area contributed by atoms with Gasteiger partial charge < -0.3 is 5.32 Å². The van der Waals surface area contributed by atoms with E-state index in [1.165, 1.54) is 12.0 Å². The van der Waals surface area contributed by atoms with Crippen LogP contribution in [0, 0.1) is 6.92 Å². The van der Waals surface area contributed by atoms with E-state index in [4.69, 9.17) is 0 Å². The fourth-order valence-electron chi connectivity index (χ4n) is 2.60. The molecule has 5 nitrogen and oxygen atoms in total. The maximum atomic E-state index is 4.32. The third kappa shape index (κ3) is 3.68. The molecule has 0 amide bonds. The number of hydrogen-bond donors (Lipinski definition) is 1. The number of pyridine rings is 1. The van der Waals surface area contributed by atoms with Crippen molar-refractivity contribution in [2.24, 2.45) is 0 Å². The molecular weight excluding hydrogens is 262 g/mol. The Bertz CT molecular complexity index is 617. The highest BCUT2D eigenvalue weighted by atomic mass is 15.4. The Morgan fingerprint density at radius 3 is 3.14 bits per heavy atom. The van der Waals surface area contributed by atoms with Gasteiger partial charge in [0.1, 0.15) is 5.82 Å². The molecule has 1 atom stereocenters. The van der Waals surface area contributed by atoms with Crippen LogP contribution in [0.15, 0.2) is 36.7 Å². The lowest BCUT2D eigenvalue weighted by Crippen LogP contribution is -2.11. The third-order valence-corrected chi connectivity index (χ3v) is 3.81. The van der Waals surface area contributed by atoms with Gasteiger partial charge in [0.25, 0.3) is 0 Å². The molecule has 0 unspecified atom stereocenters. The quantitative estimate of drug-likeness (QED) is 0.857. The second-order valence-electron chi connectivity index (χ2n) is 5.53. The first kappa shape index (κ1) is 13.8. The lowest BCUT2D eigenvalue weighted by molar-refractivity contribution is 0.595. The molecule has 0 fully saturated rings. The number of rotatable bonds is 5. The van der Waals surface area contributed by atoms with Crippen molar-refractivity contribution in [2.75, 3.05) is 11.9 Å². The predicted molar refractivity (Wildman–Crippen MR) is 83.2 cm³/mol. The van der Waals surface area contributed by atoms with E-state index in [1.807, 2.05) is 23.0 Å². The van der Waals surface area contributed by atoms with Gasteiger partial charge in [0.2, 0.25) is 0 Å². The van der Waals surface area contributed by atoms with Crippen LogP contribution in [0.25, 0.3) is 0 Å². The molecule has 0 bridgehead atoms. The van der Waals surface area contributed by atoms with Crippen molar-refractivity contribution >= 4 is 5.82 Å². The molecule has 0 aromatic carbocycles. The summed E-state index contributed by atoms with van der Waals surface area (Å²) in [5.41, 5.74) is 2.33.